The van der Waals surface area contributed by atoms with Crippen molar-refractivity contribution < 1.29 is 4.90 Å². The van der Waals surface area contributed by atoms with E-state index >= 15 is 0 Å². The molecular weight excluding hydrogens is 230 g/mol. The van der Waals surface area contributed by atoms with E-state index in [0.29, 0.717) is 12.1 Å². The number of thiocarbonyl (C=S) groups is 1. The molecule has 0 aromatic carbocycles. The summed E-state index contributed by atoms with van der Waals surface area (Å²) in [7, 11) is 2.27. The summed E-state index contributed by atoms with van der Waals surface area (Å²) in [5.41, 5.74) is 0. The van der Waals surface area contributed by atoms with Crippen LogP contribution in [-0.2, 0) is 0 Å². The molecule has 17 heavy (non-hydrogen) atoms. The Morgan fingerprint density at radius 1 is 0.941 bits per heavy atom. The van der Waals surface area contributed by atoms with Gasteiger partial charge in [0.2, 0.25) is 0 Å². The van der Waals surface area contributed by atoms with Crippen molar-refractivity contribution in [2.75, 3.05) is 20.1 Å². The summed E-state index contributed by atoms with van der Waals surface area (Å²) in [6, 6.07) is 1.22. The molecule has 0 bridgehead atoms. The number of hydrogen-bond acceptors (Lipinski definition) is 1. The lowest BCUT2D eigenvalue weighted by atomic mass is 9.96. The van der Waals surface area contributed by atoms with Crippen molar-refractivity contribution in [3.05, 3.63) is 0 Å². The molecule has 0 radical (unpaired) electrons. The van der Waals surface area contributed by atoms with Gasteiger partial charge in [-0.1, -0.05) is 19.3 Å². The van der Waals surface area contributed by atoms with E-state index in [1.807, 2.05) is 0 Å². The fourth-order valence-electron chi connectivity index (χ4n) is 2.91. The van der Waals surface area contributed by atoms with Crippen LogP contribution in [0.3, 0.4) is 0 Å². The van der Waals surface area contributed by atoms with E-state index in [9.17, 15) is 0 Å². The molecule has 0 unspecified atom stereocenters. The normalized spacial score (nSPS) is 30.9. The topological polar surface area (TPSA) is 28.5 Å². The Morgan fingerprint density at radius 2 is 1.47 bits per heavy atom. The van der Waals surface area contributed by atoms with E-state index in [4.69, 9.17) is 12.2 Å². The average molecular weight is 256 g/mol. The van der Waals surface area contributed by atoms with Crippen LogP contribution in [0.15, 0.2) is 0 Å². The molecule has 2 aliphatic rings. The number of quaternary nitrogens is 1. The SMILES string of the molecule is C[NH+]1CCC(NC(=S)NC2CCCCC2)CC1. The van der Waals surface area contributed by atoms with Crippen molar-refractivity contribution in [2.24, 2.45) is 0 Å². The van der Waals surface area contributed by atoms with Crippen LogP contribution in [0.1, 0.15) is 44.9 Å². The van der Waals surface area contributed by atoms with E-state index in [2.05, 4.69) is 17.7 Å². The maximum absolute atomic E-state index is 5.42. The number of hydrogen-bond donors (Lipinski definition) is 3. The second-order valence-corrected chi connectivity index (χ2v) is 6.09. The van der Waals surface area contributed by atoms with E-state index in [0.717, 1.165) is 5.11 Å². The van der Waals surface area contributed by atoms with Crippen LogP contribution in [0.4, 0.5) is 0 Å². The number of likely N-dealkylation sites (tertiary alicyclic amines) is 1. The van der Waals surface area contributed by atoms with E-state index < -0.39 is 0 Å². The minimum atomic E-state index is 0.599. The highest BCUT2D eigenvalue weighted by Crippen LogP contribution is 2.17. The van der Waals surface area contributed by atoms with Gasteiger partial charge in [-0.2, -0.15) is 0 Å². The third-order valence-electron chi connectivity index (χ3n) is 4.11. The highest BCUT2D eigenvalue weighted by Gasteiger charge is 2.21. The zero-order valence-electron chi connectivity index (χ0n) is 10.9. The lowest BCUT2D eigenvalue weighted by Crippen LogP contribution is -3.10. The molecule has 3 N–H and O–H groups in total. The molecule has 1 aliphatic carbocycles. The van der Waals surface area contributed by atoms with Crippen LogP contribution in [0.5, 0.6) is 0 Å². The standard InChI is InChI=1S/C13H25N3S/c1-16-9-7-12(8-10-16)15-13(17)14-11-5-3-2-4-6-11/h11-12H,2-10H2,1H3,(H2,14,15,17)/p+1. The molecule has 0 amide bonds. The van der Waals surface area contributed by atoms with Gasteiger partial charge in [0.25, 0.3) is 0 Å². The second-order valence-electron chi connectivity index (χ2n) is 5.68. The van der Waals surface area contributed by atoms with E-state index in [1.165, 1.54) is 58.0 Å². The molecule has 1 heterocycles. The van der Waals surface area contributed by atoms with Gasteiger partial charge < -0.3 is 15.5 Å². The predicted molar refractivity (Wildman–Crippen MR) is 75.4 cm³/mol. The molecular formula is C13H26N3S+. The van der Waals surface area contributed by atoms with Gasteiger partial charge >= 0.3 is 0 Å². The fraction of sp³-hybridized carbons (Fsp3) is 0.923. The van der Waals surface area contributed by atoms with Gasteiger partial charge in [0.15, 0.2) is 5.11 Å². The van der Waals surface area contributed by atoms with Crippen LogP contribution in [0, 0.1) is 0 Å². The maximum atomic E-state index is 5.42. The van der Waals surface area contributed by atoms with Crippen molar-refractivity contribution in [1.82, 2.24) is 10.6 Å². The monoisotopic (exact) mass is 256 g/mol. The molecule has 2 rings (SSSR count). The minimum Gasteiger partial charge on any atom is -0.360 e. The average Bonchev–Trinajstić information content (AvgIpc) is 2.33. The Hall–Kier alpha value is -0.350. The van der Waals surface area contributed by atoms with Crippen LogP contribution >= 0.6 is 12.2 Å². The van der Waals surface area contributed by atoms with Crippen LogP contribution in [-0.4, -0.2) is 37.3 Å². The molecule has 0 aromatic heterocycles. The molecule has 1 saturated heterocycles. The van der Waals surface area contributed by atoms with Crippen LogP contribution < -0.4 is 15.5 Å². The van der Waals surface area contributed by atoms with E-state index in [1.54, 1.807) is 4.90 Å². The van der Waals surface area contributed by atoms with Gasteiger partial charge in [-0.15, -0.1) is 0 Å². The Labute approximate surface area is 110 Å². The van der Waals surface area contributed by atoms with Gasteiger partial charge in [-0.05, 0) is 25.1 Å². The Bertz CT molecular complexity index is 243. The number of rotatable bonds is 2. The minimum absolute atomic E-state index is 0.599. The van der Waals surface area contributed by atoms with Crippen molar-refractivity contribution in [3.63, 3.8) is 0 Å². The largest absolute Gasteiger partial charge is 0.360 e. The first-order chi connectivity index (χ1) is 8.24. The van der Waals surface area contributed by atoms with Crippen molar-refractivity contribution in [3.8, 4) is 0 Å². The highest BCUT2D eigenvalue weighted by molar-refractivity contribution is 7.80. The molecule has 1 aliphatic heterocycles. The molecule has 98 valence electrons. The molecule has 1 saturated carbocycles. The zero-order chi connectivity index (χ0) is 12.1. The van der Waals surface area contributed by atoms with Gasteiger partial charge in [-0.3, -0.25) is 0 Å². The summed E-state index contributed by atoms with van der Waals surface area (Å²) in [6.07, 6.45) is 9.20. The fourth-order valence-corrected chi connectivity index (χ4v) is 3.25. The van der Waals surface area contributed by atoms with Crippen molar-refractivity contribution in [1.29, 1.82) is 0 Å². The molecule has 4 heteroatoms. The molecule has 0 aromatic rings. The Balaban J connectivity index is 1.66. The van der Waals surface area contributed by atoms with Crippen LogP contribution in [0.2, 0.25) is 0 Å². The van der Waals surface area contributed by atoms with Gasteiger partial charge in [-0.25, -0.2) is 0 Å². The number of nitrogens with one attached hydrogen (secondary N) is 3. The zero-order valence-corrected chi connectivity index (χ0v) is 11.7. The van der Waals surface area contributed by atoms with Gasteiger partial charge in [0.1, 0.15) is 0 Å². The second kappa shape index (κ2) is 6.55. The first kappa shape index (κ1) is 13.1. The smallest absolute Gasteiger partial charge is 0.166 e. The lowest BCUT2D eigenvalue weighted by Gasteiger charge is -2.30. The molecule has 0 atom stereocenters. The summed E-state index contributed by atoms with van der Waals surface area (Å²) in [4.78, 5) is 1.65. The third-order valence-corrected chi connectivity index (χ3v) is 4.35. The molecule has 2 fully saturated rings. The highest BCUT2D eigenvalue weighted by atomic mass is 32.1. The first-order valence-electron chi connectivity index (χ1n) is 7.12. The summed E-state index contributed by atoms with van der Waals surface area (Å²) < 4.78 is 0. The van der Waals surface area contributed by atoms with Crippen LogP contribution in [0.25, 0.3) is 0 Å². The third kappa shape index (κ3) is 4.43. The predicted octanol–water partition coefficient (Wildman–Crippen LogP) is 0.460. The summed E-state index contributed by atoms with van der Waals surface area (Å²) in [5, 5.41) is 7.87. The maximum Gasteiger partial charge on any atom is 0.166 e. The van der Waals surface area contributed by atoms with E-state index in [-0.39, 0.29) is 0 Å². The van der Waals surface area contributed by atoms with Crippen molar-refractivity contribution in [2.45, 2.75) is 57.0 Å². The lowest BCUT2D eigenvalue weighted by molar-refractivity contribution is -0.884. The van der Waals surface area contributed by atoms with Gasteiger partial charge in [0, 0.05) is 24.9 Å². The number of piperidine rings is 1. The quantitative estimate of drug-likeness (QED) is 0.627. The summed E-state index contributed by atoms with van der Waals surface area (Å²) in [5.74, 6) is 0. The van der Waals surface area contributed by atoms with Crippen molar-refractivity contribution >= 4 is 17.3 Å². The molecule has 0 spiro atoms. The molecule has 3 nitrogen and oxygen atoms in total. The Kier molecular flexibility index (Phi) is 5.04. The first-order valence-corrected chi connectivity index (χ1v) is 7.53. The summed E-state index contributed by atoms with van der Waals surface area (Å²) >= 11 is 5.42. The Morgan fingerprint density at radius 3 is 2.06 bits per heavy atom. The summed E-state index contributed by atoms with van der Waals surface area (Å²) in [6.45, 7) is 2.54. The van der Waals surface area contributed by atoms with Gasteiger partial charge in [0.05, 0.1) is 20.1 Å².